The van der Waals surface area contributed by atoms with E-state index in [1.807, 2.05) is 12.1 Å². The van der Waals surface area contributed by atoms with Gasteiger partial charge in [-0.3, -0.25) is 4.90 Å². The Morgan fingerprint density at radius 2 is 2.00 bits per heavy atom. The minimum atomic E-state index is 0.603. The summed E-state index contributed by atoms with van der Waals surface area (Å²) in [6.45, 7) is 4.13. The number of nitrogens with two attached hydrogens (primary N) is 1. The summed E-state index contributed by atoms with van der Waals surface area (Å²) in [5.41, 5.74) is 6.92. The third-order valence-electron chi connectivity index (χ3n) is 2.75. The summed E-state index contributed by atoms with van der Waals surface area (Å²) >= 11 is 0. The molecule has 0 spiro atoms. The third-order valence-corrected chi connectivity index (χ3v) is 2.75. The van der Waals surface area contributed by atoms with Crippen molar-refractivity contribution in [2.24, 2.45) is 0 Å². The number of rotatable bonds is 9. The number of hydrogen-bond acceptors (Lipinski definition) is 5. The van der Waals surface area contributed by atoms with Crippen LogP contribution in [0.2, 0.25) is 0 Å². The van der Waals surface area contributed by atoms with Crippen LogP contribution in [0.15, 0.2) is 18.3 Å². The van der Waals surface area contributed by atoms with Gasteiger partial charge in [0.15, 0.2) is 0 Å². The summed E-state index contributed by atoms with van der Waals surface area (Å²) < 4.78 is 10.2. The molecule has 0 aliphatic rings. The molecule has 0 atom stereocenters. The van der Waals surface area contributed by atoms with Gasteiger partial charge in [0.25, 0.3) is 0 Å². The molecule has 0 amide bonds. The van der Waals surface area contributed by atoms with Gasteiger partial charge in [-0.2, -0.15) is 0 Å². The van der Waals surface area contributed by atoms with E-state index in [2.05, 4.69) is 9.88 Å². The van der Waals surface area contributed by atoms with Crippen LogP contribution in [0.5, 0.6) is 0 Å². The monoisotopic (exact) mass is 253 g/mol. The average molecular weight is 253 g/mol. The van der Waals surface area contributed by atoms with Gasteiger partial charge in [0.05, 0.1) is 6.61 Å². The van der Waals surface area contributed by atoms with E-state index in [0.717, 1.165) is 38.2 Å². The van der Waals surface area contributed by atoms with Gasteiger partial charge in [-0.25, -0.2) is 4.98 Å². The van der Waals surface area contributed by atoms with Crippen LogP contribution in [0.3, 0.4) is 0 Å². The number of aromatic nitrogens is 1. The number of hydrogen-bond donors (Lipinski definition) is 1. The van der Waals surface area contributed by atoms with Gasteiger partial charge < -0.3 is 15.2 Å². The average Bonchev–Trinajstić information content (AvgIpc) is 2.38. The molecule has 1 aromatic rings. The number of anilines is 1. The first kappa shape index (κ1) is 14.9. The molecule has 0 aromatic carbocycles. The Hall–Kier alpha value is -1.17. The molecule has 5 nitrogen and oxygen atoms in total. The predicted octanol–water partition coefficient (Wildman–Crippen LogP) is 1.15. The van der Waals surface area contributed by atoms with E-state index >= 15 is 0 Å². The lowest BCUT2D eigenvalue weighted by atomic mass is 10.2. The first-order valence-electron chi connectivity index (χ1n) is 6.17. The highest BCUT2D eigenvalue weighted by molar-refractivity contribution is 5.38. The van der Waals surface area contributed by atoms with Crippen LogP contribution in [0.4, 0.5) is 5.82 Å². The van der Waals surface area contributed by atoms with Gasteiger partial charge in [-0.1, -0.05) is 6.07 Å². The van der Waals surface area contributed by atoms with Crippen LogP contribution >= 0.6 is 0 Å². The number of nitrogen functional groups attached to an aromatic ring is 1. The Morgan fingerprint density at radius 1 is 1.22 bits per heavy atom. The van der Waals surface area contributed by atoms with Crippen LogP contribution in [0.1, 0.15) is 12.0 Å². The maximum Gasteiger partial charge on any atom is 0.127 e. The van der Waals surface area contributed by atoms with Crippen molar-refractivity contribution in [1.82, 2.24) is 9.88 Å². The number of ether oxygens (including phenoxy) is 2. The van der Waals surface area contributed by atoms with E-state index in [1.165, 1.54) is 0 Å². The van der Waals surface area contributed by atoms with Crippen molar-refractivity contribution in [3.63, 3.8) is 0 Å². The van der Waals surface area contributed by atoms with Crippen LogP contribution in [0.25, 0.3) is 0 Å². The third kappa shape index (κ3) is 5.44. The fraction of sp³-hybridized carbons (Fsp3) is 0.615. The molecule has 1 aromatic heterocycles. The second kappa shape index (κ2) is 8.85. The molecule has 2 N–H and O–H groups in total. The zero-order valence-corrected chi connectivity index (χ0v) is 11.3. The largest absolute Gasteiger partial charge is 0.385 e. The summed E-state index contributed by atoms with van der Waals surface area (Å²) in [7, 11) is 3.43. The summed E-state index contributed by atoms with van der Waals surface area (Å²) in [4.78, 5) is 6.41. The molecular formula is C13H23N3O2. The lowest BCUT2D eigenvalue weighted by molar-refractivity contribution is 0.129. The molecular weight excluding hydrogens is 230 g/mol. The van der Waals surface area contributed by atoms with Crippen molar-refractivity contribution in [1.29, 1.82) is 0 Å². The summed E-state index contributed by atoms with van der Waals surface area (Å²) in [6.07, 6.45) is 2.71. The van der Waals surface area contributed by atoms with Crippen LogP contribution in [-0.4, -0.2) is 50.4 Å². The lowest BCUT2D eigenvalue weighted by Gasteiger charge is -2.22. The Balaban J connectivity index is 2.51. The standard InChI is InChI=1S/C13H23N3O2/c1-17-9-4-7-16(8-10-18-2)11-12-5-3-6-15-13(12)14/h3,5-6H,4,7-11H2,1-2H3,(H2,14,15). The fourth-order valence-corrected chi connectivity index (χ4v) is 1.75. The number of pyridine rings is 1. The van der Waals surface area contributed by atoms with Crippen LogP contribution in [0, 0.1) is 0 Å². The molecule has 0 fully saturated rings. The highest BCUT2D eigenvalue weighted by Crippen LogP contribution is 2.10. The first-order chi connectivity index (χ1) is 8.77. The summed E-state index contributed by atoms with van der Waals surface area (Å²) in [5.74, 6) is 0.603. The van der Waals surface area contributed by atoms with E-state index in [1.54, 1.807) is 20.4 Å². The predicted molar refractivity (Wildman–Crippen MR) is 72.3 cm³/mol. The minimum Gasteiger partial charge on any atom is -0.385 e. The number of methoxy groups -OCH3 is 2. The van der Waals surface area contributed by atoms with Crippen molar-refractivity contribution in [3.05, 3.63) is 23.9 Å². The molecule has 0 bridgehead atoms. The zero-order valence-electron chi connectivity index (χ0n) is 11.3. The van der Waals surface area contributed by atoms with Crippen molar-refractivity contribution in [3.8, 4) is 0 Å². The van der Waals surface area contributed by atoms with Crippen molar-refractivity contribution < 1.29 is 9.47 Å². The fourth-order valence-electron chi connectivity index (χ4n) is 1.75. The normalized spacial score (nSPS) is 11.1. The van der Waals surface area contributed by atoms with Gasteiger partial charge in [-0.15, -0.1) is 0 Å². The first-order valence-corrected chi connectivity index (χ1v) is 6.17. The maximum atomic E-state index is 5.86. The highest BCUT2D eigenvalue weighted by Gasteiger charge is 2.08. The highest BCUT2D eigenvalue weighted by atomic mass is 16.5. The van der Waals surface area contributed by atoms with Gasteiger partial charge in [0.1, 0.15) is 5.82 Å². The van der Waals surface area contributed by atoms with Gasteiger partial charge in [0, 0.05) is 52.2 Å². The molecule has 1 heterocycles. The zero-order chi connectivity index (χ0) is 13.2. The van der Waals surface area contributed by atoms with E-state index in [9.17, 15) is 0 Å². The summed E-state index contributed by atoms with van der Waals surface area (Å²) in [6, 6.07) is 3.92. The molecule has 0 saturated heterocycles. The van der Waals surface area contributed by atoms with Crippen LogP contribution < -0.4 is 5.73 Å². The van der Waals surface area contributed by atoms with E-state index in [-0.39, 0.29) is 0 Å². The number of nitrogens with zero attached hydrogens (tertiary/aromatic N) is 2. The molecule has 18 heavy (non-hydrogen) atoms. The molecule has 0 aliphatic heterocycles. The second-order valence-electron chi connectivity index (χ2n) is 4.16. The van der Waals surface area contributed by atoms with E-state index in [4.69, 9.17) is 15.2 Å². The molecule has 5 heteroatoms. The molecule has 0 unspecified atom stereocenters. The smallest absolute Gasteiger partial charge is 0.127 e. The Kier molecular flexibility index (Phi) is 7.32. The maximum absolute atomic E-state index is 5.86. The summed E-state index contributed by atoms with van der Waals surface area (Å²) in [5, 5.41) is 0. The molecule has 1 rings (SSSR count). The van der Waals surface area contributed by atoms with Crippen LogP contribution in [-0.2, 0) is 16.0 Å². The minimum absolute atomic E-state index is 0.603. The lowest BCUT2D eigenvalue weighted by Crippen LogP contribution is -2.29. The Morgan fingerprint density at radius 3 is 2.67 bits per heavy atom. The van der Waals surface area contributed by atoms with E-state index < -0.39 is 0 Å². The van der Waals surface area contributed by atoms with Crippen molar-refractivity contribution >= 4 is 5.82 Å². The molecule has 0 radical (unpaired) electrons. The molecule has 102 valence electrons. The van der Waals surface area contributed by atoms with Crippen molar-refractivity contribution in [2.45, 2.75) is 13.0 Å². The Bertz CT molecular complexity index is 334. The van der Waals surface area contributed by atoms with Gasteiger partial charge >= 0.3 is 0 Å². The Labute approximate surface area is 109 Å². The van der Waals surface area contributed by atoms with Gasteiger partial charge in [-0.05, 0) is 12.5 Å². The van der Waals surface area contributed by atoms with E-state index in [0.29, 0.717) is 12.4 Å². The molecule has 0 saturated carbocycles. The van der Waals surface area contributed by atoms with Gasteiger partial charge in [0.2, 0.25) is 0 Å². The van der Waals surface area contributed by atoms with Crippen molar-refractivity contribution in [2.75, 3.05) is 46.3 Å². The topological polar surface area (TPSA) is 60.6 Å². The second-order valence-corrected chi connectivity index (χ2v) is 4.16. The SMILES string of the molecule is COCCCN(CCOC)Cc1cccnc1N. The molecule has 0 aliphatic carbocycles. The quantitative estimate of drug-likeness (QED) is 0.669.